The highest BCUT2D eigenvalue weighted by molar-refractivity contribution is 5.88. The van der Waals surface area contributed by atoms with E-state index in [-0.39, 0.29) is 6.03 Å². The molecule has 1 aromatic heterocycles. The number of aliphatic hydroxyl groups is 1. The number of nitrogens with one attached hydrogen (secondary N) is 2. The lowest BCUT2D eigenvalue weighted by Crippen LogP contribution is -2.31. The number of aliphatic hydroxyl groups excluding tert-OH is 1. The summed E-state index contributed by atoms with van der Waals surface area (Å²) >= 11 is 0. The number of amides is 2. The Morgan fingerprint density at radius 3 is 2.79 bits per heavy atom. The van der Waals surface area contributed by atoms with E-state index >= 15 is 0 Å². The van der Waals surface area contributed by atoms with Gasteiger partial charge in [-0.3, -0.25) is 10.00 Å². The van der Waals surface area contributed by atoms with Crippen LogP contribution in [0.2, 0.25) is 0 Å². The lowest BCUT2D eigenvalue weighted by atomic mass is 9.83. The molecule has 0 spiro atoms. The summed E-state index contributed by atoms with van der Waals surface area (Å²) in [4.78, 5) is 12.0. The van der Waals surface area contributed by atoms with Crippen molar-refractivity contribution in [1.82, 2.24) is 15.1 Å². The highest BCUT2D eigenvalue weighted by Gasteiger charge is 2.23. The van der Waals surface area contributed by atoms with Crippen LogP contribution >= 0.6 is 0 Å². The number of urea groups is 1. The molecule has 1 fully saturated rings. The van der Waals surface area contributed by atoms with Crippen LogP contribution in [-0.2, 0) is 7.05 Å². The van der Waals surface area contributed by atoms with Gasteiger partial charge < -0.3 is 10.4 Å². The van der Waals surface area contributed by atoms with E-state index in [0.29, 0.717) is 24.7 Å². The number of aryl methyl sites for hydroxylation is 1. The number of carbonyl (C=O) groups is 1. The second kappa shape index (κ2) is 7.49. The normalized spacial score (nSPS) is 15.6. The van der Waals surface area contributed by atoms with E-state index in [2.05, 4.69) is 15.7 Å². The SMILES string of the molecule is Cn1nc(C2CCC2)cc1NC(=O)NCCC(O)c1ccccc1. The number of hydrogen-bond donors (Lipinski definition) is 3. The van der Waals surface area contributed by atoms with E-state index in [9.17, 15) is 9.90 Å². The summed E-state index contributed by atoms with van der Waals surface area (Å²) in [6.45, 7) is 0.398. The lowest BCUT2D eigenvalue weighted by molar-refractivity contribution is 0.167. The zero-order valence-corrected chi connectivity index (χ0v) is 13.9. The number of hydrogen-bond acceptors (Lipinski definition) is 3. The fourth-order valence-electron chi connectivity index (χ4n) is 2.83. The maximum Gasteiger partial charge on any atom is 0.320 e. The van der Waals surface area contributed by atoms with Crippen LogP contribution in [0.25, 0.3) is 0 Å². The Kier molecular flexibility index (Phi) is 5.15. The molecular weight excluding hydrogens is 304 g/mol. The Balaban J connectivity index is 1.45. The van der Waals surface area contributed by atoms with Crippen molar-refractivity contribution in [2.24, 2.45) is 7.05 Å². The van der Waals surface area contributed by atoms with Gasteiger partial charge >= 0.3 is 6.03 Å². The first-order valence-electron chi connectivity index (χ1n) is 8.45. The van der Waals surface area contributed by atoms with Gasteiger partial charge in [0.15, 0.2) is 0 Å². The highest BCUT2D eigenvalue weighted by atomic mass is 16.3. The van der Waals surface area contributed by atoms with Crippen LogP contribution in [0.1, 0.15) is 49.0 Å². The van der Waals surface area contributed by atoms with Gasteiger partial charge in [0, 0.05) is 25.6 Å². The van der Waals surface area contributed by atoms with Gasteiger partial charge in [0.25, 0.3) is 0 Å². The maximum atomic E-state index is 12.0. The number of nitrogens with zero attached hydrogens (tertiary/aromatic N) is 2. The van der Waals surface area contributed by atoms with E-state index in [1.54, 1.807) is 4.68 Å². The molecule has 1 heterocycles. The molecule has 2 aromatic rings. The third-order valence-corrected chi connectivity index (χ3v) is 4.55. The van der Waals surface area contributed by atoms with Crippen LogP contribution in [0, 0.1) is 0 Å². The van der Waals surface area contributed by atoms with Crippen molar-refractivity contribution in [2.75, 3.05) is 11.9 Å². The molecule has 0 radical (unpaired) electrons. The highest BCUT2D eigenvalue weighted by Crippen LogP contribution is 2.36. The Morgan fingerprint density at radius 1 is 1.38 bits per heavy atom. The first-order valence-corrected chi connectivity index (χ1v) is 8.45. The second-order valence-electron chi connectivity index (χ2n) is 6.30. The summed E-state index contributed by atoms with van der Waals surface area (Å²) in [5.41, 5.74) is 1.91. The maximum absolute atomic E-state index is 12.0. The van der Waals surface area contributed by atoms with Gasteiger partial charge in [0.05, 0.1) is 11.8 Å². The predicted molar refractivity (Wildman–Crippen MR) is 92.8 cm³/mol. The predicted octanol–water partition coefficient (Wildman–Crippen LogP) is 2.93. The molecule has 1 aliphatic carbocycles. The van der Waals surface area contributed by atoms with Crippen molar-refractivity contribution in [1.29, 1.82) is 0 Å². The standard InChI is InChI=1S/C18H24N4O2/c1-22-17(12-15(21-22)13-8-5-9-13)20-18(24)19-11-10-16(23)14-6-3-2-4-7-14/h2-4,6-7,12-13,16,23H,5,8-11H2,1H3,(H2,19,20,24). The summed E-state index contributed by atoms with van der Waals surface area (Å²) in [6, 6.07) is 11.1. The van der Waals surface area contributed by atoms with Gasteiger partial charge in [-0.15, -0.1) is 0 Å². The molecule has 3 rings (SSSR count). The monoisotopic (exact) mass is 328 g/mol. The molecule has 0 bridgehead atoms. The third-order valence-electron chi connectivity index (χ3n) is 4.55. The van der Waals surface area contributed by atoms with Gasteiger partial charge in [-0.1, -0.05) is 36.8 Å². The largest absolute Gasteiger partial charge is 0.388 e. The summed E-state index contributed by atoms with van der Waals surface area (Å²) in [5.74, 6) is 1.23. The molecule has 0 aliphatic heterocycles. The minimum Gasteiger partial charge on any atom is -0.388 e. The zero-order valence-electron chi connectivity index (χ0n) is 13.9. The Hall–Kier alpha value is -2.34. The summed E-state index contributed by atoms with van der Waals surface area (Å²) in [6.07, 6.45) is 3.51. The van der Waals surface area contributed by atoms with Crippen molar-refractivity contribution < 1.29 is 9.90 Å². The van der Waals surface area contributed by atoms with Crippen LogP contribution in [-0.4, -0.2) is 27.5 Å². The second-order valence-corrected chi connectivity index (χ2v) is 6.30. The van der Waals surface area contributed by atoms with Gasteiger partial charge in [-0.05, 0) is 24.8 Å². The quantitative estimate of drug-likeness (QED) is 0.763. The molecule has 128 valence electrons. The fourth-order valence-corrected chi connectivity index (χ4v) is 2.83. The summed E-state index contributed by atoms with van der Waals surface area (Å²) in [7, 11) is 1.83. The summed E-state index contributed by atoms with van der Waals surface area (Å²) in [5, 5.41) is 20.1. The zero-order chi connectivity index (χ0) is 16.9. The van der Waals surface area contributed by atoms with Crippen molar-refractivity contribution in [2.45, 2.75) is 37.7 Å². The lowest BCUT2D eigenvalue weighted by Gasteiger charge is -2.22. The van der Waals surface area contributed by atoms with Crippen molar-refractivity contribution in [3.05, 3.63) is 47.7 Å². The summed E-state index contributed by atoms with van der Waals surface area (Å²) < 4.78 is 1.70. The molecule has 1 aliphatic rings. The molecule has 6 heteroatoms. The average molecular weight is 328 g/mol. The number of carbonyl (C=O) groups excluding carboxylic acids is 1. The molecular formula is C18H24N4O2. The van der Waals surface area contributed by atoms with E-state index < -0.39 is 6.10 Å². The van der Waals surface area contributed by atoms with Crippen molar-refractivity contribution >= 4 is 11.8 Å². The molecule has 24 heavy (non-hydrogen) atoms. The topological polar surface area (TPSA) is 79.2 Å². The van der Waals surface area contributed by atoms with Gasteiger partial charge in [-0.2, -0.15) is 5.10 Å². The van der Waals surface area contributed by atoms with Gasteiger partial charge in [0.2, 0.25) is 0 Å². The van der Waals surface area contributed by atoms with E-state index in [1.165, 1.54) is 19.3 Å². The van der Waals surface area contributed by atoms with Crippen molar-refractivity contribution in [3.63, 3.8) is 0 Å². The molecule has 1 unspecified atom stereocenters. The molecule has 6 nitrogen and oxygen atoms in total. The number of benzene rings is 1. The molecule has 1 aromatic carbocycles. The van der Waals surface area contributed by atoms with Crippen LogP contribution in [0.15, 0.2) is 36.4 Å². The van der Waals surface area contributed by atoms with Crippen LogP contribution < -0.4 is 10.6 Å². The fraction of sp³-hybridized carbons (Fsp3) is 0.444. The Morgan fingerprint density at radius 2 is 2.12 bits per heavy atom. The van der Waals surface area contributed by atoms with Crippen molar-refractivity contribution in [3.8, 4) is 0 Å². The molecule has 2 amide bonds. The number of rotatable bonds is 6. The van der Waals surface area contributed by atoms with E-state index in [1.807, 2.05) is 43.4 Å². The smallest absolute Gasteiger partial charge is 0.320 e. The molecule has 0 saturated heterocycles. The molecule has 1 saturated carbocycles. The van der Waals surface area contributed by atoms with E-state index in [4.69, 9.17) is 0 Å². The molecule has 1 atom stereocenters. The number of anilines is 1. The number of aromatic nitrogens is 2. The first-order chi connectivity index (χ1) is 11.6. The van der Waals surface area contributed by atoms with Gasteiger partial charge in [-0.25, -0.2) is 4.79 Å². The Labute approximate surface area is 141 Å². The van der Waals surface area contributed by atoms with Crippen LogP contribution in [0.3, 0.4) is 0 Å². The minimum absolute atomic E-state index is 0.279. The van der Waals surface area contributed by atoms with Crippen LogP contribution in [0.4, 0.5) is 10.6 Å². The van der Waals surface area contributed by atoms with Gasteiger partial charge in [0.1, 0.15) is 5.82 Å². The minimum atomic E-state index is -0.576. The molecule has 3 N–H and O–H groups in total. The van der Waals surface area contributed by atoms with Crippen LogP contribution in [0.5, 0.6) is 0 Å². The third kappa shape index (κ3) is 3.94. The Bertz CT molecular complexity index is 680. The first kappa shape index (κ1) is 16.5. The average Bonchev–Trinajstić information content (AvgIpc) is 2.86. The van der Waals surface area contributed by atoms with E-state index in [0.717, 1.165) is 11.3 Å².